The molecule has 12 heavy (non-hydrogen) atoms. The van der Waals surface area contributed by atoms with Crippen LogP contribution in [0.2, 0.25) is 0 Å². The van der Waals surface area contributed by atoms with E-state index in [1.807, 2.05) is 4.90 Å². The van der Waals surface area contributed by atoms with Crippen molar-refractivity contribution in [3.63, 3.8) is 0 Å². The van der Waals surface area contributed by atoms with Gasteiger partial charge >= 0.3 is 0 Å². The van der Waals surface area contributed by atoms with Gasteiger partial charge in [0.2, 0.25) is 0 Å². The van der Waals surface area contributed by atoms with Crippen LogP contribution in [0.4, 0.5) is 8.78 Å². The SMILES string of the molecule is CN1C[C@@]2(C[C@H]1CO)CC2(F)F. The lowest BCUT2D eigenvalue weighted by molar-refractivity contribution is 0.0671. The summed E-state index contributed by atoms with van der Waals surface area (Å²) in [6.45, 7) is 0.430. The second-order valence-corrected chi connectivity index (χ2v) is 4.12. The van der Waals surface area contributed by atoms with E-state index in [1.165, 1.54) is 0 Å². The topological polar surface area (TPSA) is 23.5 Å². The molecule has 1 heterocycles. The van der Waals surface area contributed by atoms with Crippen molar-refractivity contribution in [3.8, 4) is 0 Å². The highest BCUT2D eigenvalue weighted by atomic mass is 19.3. The third-order valence-electron chi connectivity index (χ3n) is 3.22. The summed E-state index contributed by atoms with van der Waals surface area (Å²) >= 11 is 0. The molecule has 1 aliphatic carbocycles. The summed E-state index contributed by atoms with van der Waals surface area (Å²) in [4.78, 5) is 1.83. The third-order valence-corrected chi connectivity index (χ3v) is 3.22. The molecule has 0 unspecified atom stereocenters. The first kappa shape index (κ1) is 8.38. The molecule has 2 fully saturated rings. The molecule has 0 bridgehead atoms. The highest BCUT2D eigenvalue weighted by Crippen LogP contribution is 2.65. The monoisotopic (exact) mass is 177 g/mol. The lowest BCUT2D eigenvalue weighted by atomic mass is 10.0. The van der Waals surface area contributed by atoms with Gasteiger partial charge in [-0.1, -0.05) is 0 Å². The van der Waals surface area contributed by atoms with Gasteiger partial charge in [-0.2, -0.15) is 0 Å². The van der Waals surface area contributed by atoms with Gasteiger partial charge in [0.1, 0.15) is 0 Å². The van der Waals surface area contributed by atoms with Crippen LogP contribution in [-0.2, 0) is 0 Å². The van der Waals surface area contributed by atoms with Crippen LogP contribution in [0.1, 0.15) is 12.8 Å². The van der Waals surface area contributed by atoms with Crippen molar-refractivity contribution in [2.24, 2.45) is 5.41 Å². The van der Waals surface area contributed by atoms with E-state index in [0.717, 1.165) is 0 Å². The fourth-order valence-electron chi connectivity index (χ4n) is 2.26. The number of aliphatic hydroxyl groups is 1. The van der Waals surface area contributed by atoms with Crippen molar-refractivity contribution >= 4 is 0 Å². The molecule has 2 nitrogen and oxygen atoms in total. The van der Waals surface area contributed by atoms with Crippen LogP contribution in [0.3, 0.4) is 0 Å². The van der Waals surface area contributed by atoms with Gasteiger partial charge in [-0.05, 0) is 13.5 Å². The van der Waals surface area contributed by atoms with Crippen molar-refractivity contribution in [2.45, 2.75) is 24.8 Å². The number of alkyl halides is 2. The van der Waals surface area contributed by atoms with E-state index in [-0.39, 0.29) is 19.1 Å². The van der Waals surface area contributed by atoms with Gasteiger partial charge in [0.15, 0.2) is 0 Å². The quantitative estimate of drug-likeness (QED) is 0.637. The predicted octanol–water partition coefficient (Wildman–Crippen LogP) is 0.708. The number of aliphatic hydroxyl groups excluding tert-OH is 1. The summed E-state index contributed by atoms with van der Waals surface area (Å²) in [6, 6.07) is -0.0571. The zero-order chi connectivity index (χ0) is 8.98. The molecule has 1 saturated carbocycles. The second kappa shape index (κ2) is 2.17. The number of rotatable bonds is 1. The van der Waals surface area contributed by atoms with Crippen LogP contribution >= 0.6 is 0 Å². The molecular formula is C8H13F2NO. The molecule has 0 aromatic rings. The Labute approximate surface area is 70.2 Å². The number of nitrogens with zero attached hydrogens (tertiary/aromatic N) is 1. The zero-order valence-corrected chi connectivity index (χ0v) is 7.06. The van der Waals surface area contributed by atoms with Crippen LogP contribution in [0.25, 0.3) is 0 Å². The Morgan fingerprint density at radius 2 is 2.17 bits per heavy atom. The van der Waals surface area contributed by atoms with Crippen LogP contribution in [0.15, 0.2) is 0 Å². The first-order valence-electron chi connectivity index (χ1n) is 4.20. The van der Waals surface area contributed by atoms with Crippen molar-refractivity contribution in [3.05, 3.63) is 0 Å². The Hall–Kier alpha value is -0.220. The molecule has 2 atom stereocenters. The van der Waals surface area contributed by atoms with Crippen LogP contribution in [0.5, 0.6) is 0 Å². The largest absolute Gasteiger partial charge is 0.395 e. The van der Waals surface area contributed by atoms with Crippen LogP contribution < -0.4 is 0 Å². The Bertz CT molecular complexity index is 209. The highest BCUT2D eigenvalue weighted by molar-refractivity contribution is 5.16. The smallest absolute Gasteiger partial charge is 0.255 e. The highest BCUT2D eigenvalue weighted by Gasteiger charge is 2.73. The summed E-state index contributed by atoms with van der Waals surface area (Å²) < 4.78 is 25.7. The van der Waals surface area contributed by atoms with E-state index in [0.29, 0.717) is 13.0 Å². The fourth-order valence-corrected chi connectivity index (χ4v) is 2.26. The minimum absolute atomic E-state index is 0.00562. The Balaban J connectivity index is 2.08. The van der Waals surface area contributed by atoms with Gasteiger partial charge in [0, 0.05) is 19.0 Å². The molecule has 0 amide bonds. The molecule has 1 spiro atoms. The first-order chi connectivity index (χ1) is 5.51. The van der Waals surface area contributed by atoms with Crippen molar-refractivity contribution in [1.82, 2.24) is 4.90 Å². The maximum absolute atomic E-state index is 12.9. The molecular weight excluding hydrogens is 164 g/mol. The van der Waals surface area contributed by atoms with Gasteiger partial charge in [-0.25, -0.2) is 8.78 Å². The summed E-state index contributed by atoms with van der Waals surface area (Å²) in [6.07, 6.45) is 0.466. The van der Waals surface area contributed by atoms with Crippen molar-refractivity contribution < 1.29 is 13.9 Å². The standard InChI is InChI=1S/C8H13F2NO/c1-11-5-7(2-6(11)3-12)4-8(7,9)10/h6,12H,2-5H2,1H3/t6-,7+/m0/s1. The molecule has 70 valence electrons. The zero-order valence-electron chi connectivity index (χ0n) is 7.06. The summed E-state index contributed by atoms with van der Waals surface area (Å²) in [7, 11) is 1.80. The molecule has 1 saturated heterocycles. The lowest BCUT2D eigenvalue weighted by Gasteiger charge is -2.15. The average Bonchev–Trinajstić information content (AvgIpc) is 2.35. The molecule has 1 aliphatic heterocycles. The van der Waals surface area contributed by atoms with Crippen molar-refractivity contribution in [2.75, 3.05) is 20.2 Å². The first-order valence-corrected chi connectivity index (χ1v) is 4.20. The molecule has 0 aromatic heterocycles. The summed E-state index contributed by atoms with van der Waals surface area (Å²) in [5, 5.41) is 8.88. The average molecular weight is 177 g/mol. The van der Waals surface area contributed by atoms with Gasteiger partial charge in [-0.3, -0.25) is 0 Å². The number of likely N-dealkylation sites (tertiary alicyclic amines) is 1. The number of halogens is 2. The Morgan fingerprint density at radius 3 is 2.42 bits per heavy atom. The second-order valence-electron chi connectivity index (χ2n) is 4.12. The maximum Gasteiger partial charge on any atom is 0.255 e. The van der Waals surface area contributed by atoms with E-state index in [1.54, 1.807) is 7.05 Å². The van der Waals surface area contributed by atoms with E-state index < -0.39 is 11.3 Å². The third kappa shape index (κ3) is 0.910. The van der Waals surface area contributed by atoms with Gasteiger partial charge in [0.05, 0.1) is 12.0 Å². The maximum atomic E-state index is 12.9. The van der Waals surface area contributed by atoms with Gasteiger partial charge in [0.25, 0.3) is 5.92 Å². The normalized spacial score (nSPS) is 45.5. The number of hydrogen-bond acceptors (Lipinski definition) is 2. The van der Waals surface area contributed by atoms with Crippen LogP contribution in [-0.4, -0.2) is 42.2 Å². The minimum Gasteiger partial charge on any atom is -0.395 e. The van der Waals surface area contributed by atoms with E-state index in [2.05, 4.69) is 0 Å². The van der Waals surface area contributed by atoms with Gasteiger partial charge < -0.3 is 10.0 Å². The minimum atomic E-state index is -2.47. The fraction of sp³-hybridized carbons (Fsp3) is 1.00. The van der Waals surface area contributed by atoms with E-state index in [4.69, 9.17) is 5.11 Å². The van der Waals surface area contributed by atoms with E-state index >= 15 is 0 Å². The Morgan fingerprint density at radius 1 is 1.58 bits per heavy atom. The number of hydrogen-bond donors (Lipinski definition) is 1. The molecule has 0 aromatic carbocycles. The molecule has 0 radical (unpaired) electrons. The summed E-state index contributed by atoms with van der Waals surface area (Å²) in [5.41, 5.74) is -0.783. The molecule has 2 aliphatic rings. The molecule has 2 rings (SSSR count). The predicted molar refractivity (Wildman–Crippen MR) is 40.1 cm³/mol. The molecule has 4 heteroatoms. The molecule has 1 N–H and O–H groups in total. The van der Waals surface area contributed by atoms with Gasteiger partial charge in [-0.15, -0.1) is 0 Å². The Kier molecular flexibility index (Phi) is 1.52. The lowest BCUT2D eigenvalue weighted by Crippen LogP contribution is -2.28. The van der Waals surface area contributed by atoms with Crippen molar-refractivity contribution in [1.29, 1.82) is 0 Å². The summed E-state index contributed by atoms with van der Waals surface area (Å²) in [5.74, 6) is -2.47. The number of likely N-dealkylation sites (N-methyl/N-ethyl adjacent to an activating group) is 1. The van der Waals surface area contributed by atoms with E-state index in [9.17, 15) is 8.78 Å². The van der Waals surface area contributed by atoms with Crippen LogP contribution in [0, 0.1) is 5.41 Å².